The average Bonchev–Trinajstić information content (AvgIpc) is 3.28. The van der Waals surface area contributed by atoms with Gasteiger partial charge in [-0.15, -0.1) is 23.5 Å². The second-order valence-corrected chi connectivity index (χ2v) is 9.84. The van der Waals surface area contributed by atoms with Crippen LogP contribution in [0.15, 0.2) is 24.3 Å². The molecule has 3 aliphatic rings. The maximum atomic E-state index is 12.4. The first-order chi connectivity index (χ1) is 13.3. The lowest BCUT2D eigenvalue weighted by molar-refractivity contribution is -0.138. The molecule has 1 aromatic rings. The SMILES string of the molecule is O=C(COc1ccc(C2SCCCS2)cc1)N1CCC(C2OCCO2)CC1. The zero-order valence-electron chi connectivity index (χ0n) is 15.5. The lowest BCUT2D eigenvalue weighted by atomic mass is 9.96. The Morgan fingerprint density at radius 3 is 2.41 bits per heavy atom. The Hall–Kier alpha value is -0.890. The lowest BCUT2D eigenvalue weighted by Crippen LogP contribution is -2.43. The third-order valence-electron chi connectivity index (χ3n) is 5.27. The molecule has 4 rings (SSSR count). The van der Waals surface area contributed by atoms with Gasteiger partial charge in [0.2, 0.25) is 0 Å². The van der Waals surface area contributed by atoms with Crippen molar-refractivity contribution in [3.8, 4) is 5.75 Å². The summed E-state index contributed by atoms with van der Waals surface area (Å²) < 4.78 is 17.5. The van der Waals surface area contributed by atoms with E-state index in [1.807, 2.05) is 40.6 Å². The number of thioether (sulfide) groups is 2. The van der Waals surface area contributed by atoms with Gasteiger partial charge < -0.3 is 19.1 Å². The normalized spacial score (nSPS) is 22.9. The van der Waals surface area contributed by atoms with E-state index >= 15 is 0 Å². The van der Waals surface area contributed by atoms with Crippen LogP contribution < -0.4 is 4.74 Å². The molecule has 3 heterocycles. The van der Waals surface area contributed by atoms with Crippen LogP contribution in [0, 0.1) is 5.92 Å². The Kier molecular flexibility index (Phi) is 6.87. The Balaban J connectivity index is 1.21. The number of hydrogen-bond acceptors (Lipinski definition) is 6. The van der Waals surface area contributed by atoms with Crippen molar-refractivity contribution in [2.24, 2.45) is 5.92 Å². The molecule has 1 amide bonds. The fourth-order valence-electron chi connectivity index (χ4n) is 3.71. The molecule has 3 fully saturated rings. The molecule has 3 saturated heterocycles. The largest absolute Gasteiger partial charge is 0.484 e. The number of likely N-dealkylation sites (tertiary alicyclic amines) is 1. The van der Waals surface area contributed by atoms with Gasteiger partial charge in [0.25, 0.3) is 5.91 Å². The Morgan fingerprint density at radius 2 is 1.74 bits per heavy atom. The molecule has 0 saturated carbocycles. The molecule has 7 heteroatoms. The maximum absolute atomic E-state index is 12.4. The summed E-state index contributed by atoms with van der Waals surface area (Å²) in [5.41, 5.74) is 1.33. The van der Waals surface area contributed by atoms with Crippen molar-refractivity contribution in [2.75, 3.05) is 44.4 Å². The molecule has 0 unspecified atom stereocenters. The van der Waals surface area contributed by atoms with Crippen LogP contribution in [0.2, 0.25) is 0 Å². The maximum Gasteiger partial charge on any atom is 0.260 e. The number of hydrogen-bond donors (Lipinski definition) is 0. The minimum atomic E-state index is -0.0718. The van der Waals surface area contributed by atoms with E-state index in [2.05, 4.69) is 12.1 Å². The highest BCUT2D eigenvalue weighted by Gasteiger charge is 2.31. The predicted octanol–water partition coefficient (Wildman–Crippen LogP) is 3.55. The minimum Gasteiger partial charge on any atom is -0.484 e. The van der Waals surface area contributed by atoms with Gasteiger partial charge in [0, 0.05) is 19.0 Å². The van der Waals surface area contributed by atoms with Gasteiger partial charge in [-0.2, -0.15) is 0 Å². The molecule has 0 radical (unpaired) electrons. The minimum absolute atomic E-state index is 0.0594. The Morgan fingerprint density at radius 1 is 1.07 bits per heavy atom. The first-order valence-corrected chi connectivity index (χ1v) is 11.9. The molecular formula is C20H27NO4S2. The van der Waals surface area contributed by atoms with Crippen molar-refractivity contribution < 1.29 is 19.0 Å². The van der Waals surface area contributed by atoms with Crippen molar-refractivity contribution in [1.82, 2.24) is 4.90 Å². The molecule has 0 bridgehead atoms. The molecule has 0 atom stereocenters. The highest BCUT2D eigenvalue weighted by atomic mass is 32.2. The van der Waals surface area contributed by atoms with Crippen molar-refractivity contribution in [3.05, 3.63) is 29.8 Å². The molecule has 0 aliphatic carbocycles. The van der Waals surface area contributed by atoms with Crippen LogP contribution in [-0.4, -0.2) is 61.5 Å². The van der Waals surface area contributed by atoms with Gasteiger partial charge in [-0.1, -0.05) is 12.1 Å². The molecule has 1 aromatic carbocycles. The molecule has 0 spiro atoms. The Labute approximate surface area is 169 Å². The third kappa shape index (κ3) is 5.13. The van der Waals surface area contributed by atoms with Gasteiger partial charge in [-0.05, 0) is 48.5 Å². The summed E-state index contributed by atoms with van der Waals surface area (Å²) in [6, 6.07) is 8.23. The second kappa shape index (κ2) is 9.54. The molecular weight excluding hydrogens is 382 g/mol. The summed E-state index contributed by atoms with van der Waals surface area (Å²) >= 11 is 4.02. The zero-order chi connectivity index (χ0) is 18.5. The van der Waals surface area contributed by atoms with Crippen LogP contribution in [0.4, 0.5) is 0 Å². The van der Waals surface area contributed by atoms with E-state index in [-0.39, 0.29) is 18.8 Å². The quantitative estimate of drug-likeness (QED) is 0.741. The summed E-state index contributed by atoms with van der Waals surface area (Å²) in [7, 11) is 0. The van der Waals surface area contributed by atoms with Gasteiger partial charge in [0.15, 0.2) is 12.9 Å². The van der Waals surface area contributed by atoms with Crippen molar-refractivity contribution in [1.29, 1.82) is 0 Å². The smallest absolute Gasteiger partial charge is 0.260 e. The van der Waals surface area contributed by atoms with E-state index in [0.29, 0.717) is 23.7 Å². The van der Waals surface area contributed by atoms with Crippen LogP contribution in [0.1, 0.15) is 29.4 Å². The summed E-state index contributed by atoms with van der Waals surface area (Å²) in [6.45, 7) is 2.99. The van der Waals surface area contributed by atoms with Gasteiger partial charge >= 0.3 is 0 Å². The van der Waals surface area contributed by atoms with Crippen LogP contribution >= 0.6 is 23.5 Å². The zero-order valence-corrected chi connectivity index (χ0v) is 17.1. The van der Waals surface area contributed by atoms with E-state index in [1.54, 1.807) is 0 Å². The van der Waals surface area contributed by atoms with E-state index in [0.717, 1.165) is 31.7 Å². The highest BCUT2D eigenvalue weighted by molar-refractivity contribution is 8.16. The summed E-state index contributed by atoms with van der Waals surface area (Å²) in [4.78, 5) is 14.3. The predicted molar refractivity (Wildman–Crippen MR) is 109 cm³/mol. The lowest BCUT2D eigenvalue weighted by Gasteiger charge is -2.33. The van der Waals surface area contributed by atoms with E-state index in [1.165, 1.54) is 23.5 Å². The summed E-state index contributed by atoms with van der Waals surface area (Å²) in [5.74, 6) is 3.70. The number of piperidine rings is 1. The van der Waals surface area contributed by atoms with Crippen molar-refractivity contribution >= 4 is 29.4 Å². The van der Waals surface area contributed by atoms with Gasteiger partial charge in [-0.3, -0.25) is 4.79 Å². The number of ether oxygens (including phenoxy) is 3. The summed E-state index contributed by atoms with van der Waals surface area (Å²) in [6.07, 6.45) is 3.09. The number of carbonyl (C=O) groups is 1. The van der Waals surface area contributed by atoms with Crippen molar-refractivity contribution in [2.45, 2.75) is 30.1 Å². The van der Waals surface area contributed by atoms with Gasteiger partial charge in [0.1, 0.15) is 5.75 Å². The molecule has 0 N–H and O–H groups in total. The standard InChI is InChI=1S/C20H27NO4S2/c22-18(21-8-6-15(7-9-21)19-23-10-11-24-19)14-25-17-4-2-16(3-5-17)20-26-12-1-13-27-20/h2-5,15,19-20H,1,6-14H2. The molecule has 5 nitrogen and oxygen atoms in total. The first kappa shape index (κ1) is 19.4. The molecule has 27 heavy (non-hydrogen) atoms. The highest BCUT2D eigenvalue weighted by Crippen LogP contribution is 2.43. The van der Waals surface area contributed by atoms with Crippen LogP contribution in [-0.2, 0) is 14.3 Å². The van der Waals surface area contributed by atoms with Gasteiger partial charge in [0.05, 0.1) is 17.8 Å². The Bertz CT molecular complexity index is 607. The molecule has 0 aromatic heterocycles. The molecule has 148 valence electrons. The second-order valence-electron chi connectivity index (χ2n) is 7.11. The topological polar surface area (TPSA) is 48.0 Å². The third-order valence-corrected chi connectivity index (χ3v) is 8.28. The van der Waals surface area contributed by atoms with E-state index in [9.17, 15) is 4.79 Å². The monoisotopic (exact) mass is 409 g/mol. The van der Waals surface area contributed by atoms with E-state index in [4.69, 9.17) is 14.2 Å². The van der Waals surface area contributed by atoms with E-state index < -0.39 is 0 Å². The number of carbonyl (C=O) groups excluding carboxylic acids is 1. The fraction of sp³-hybridized carbons (Fsp3) is 0.650. The number of amides is 1. The number of benzene rings is 1. The summed E-state index contributed by atoms with van der Waals surface area (Å²) in [5, 5.41) is 0. The first-order valence-electron chi connectivity index (χ1n) is 9.76. The number of rotatable bonds is 5. The molecule has 3 aliphatic heterocycles. The van der Waals surface area contributed by atoms with Crippen LogP contribution in [0.5, 0.6) is 5.75 Å². The van der Waals surface area contributed by atoms with Crippen LogP contribution in [0.3, 0.4) is 0 Å². The van der Waals surface area contributed by atoms with Gasteiger partial charge in [-0.25, -0.2) is 0 Å². The fourth-order valence-corrected chi connectivity index (χ4v) is 6.60. The average molecular weight is 410 g/mol. The number of nitrogens with zero attached hydrogens (tertiary/aromatic N) is 1. The van der Waals surface area contributed by atoms with Crippen LogP contribution in [0.25, 0.3) is 0 Å². The van der Waals surface area contributed by atoms with Crippen molar-refractivity contribution in [3.63, 3.8) is 0 Å².